The van der Waals surface area contributed by atoms with E-state index in [1.165, 1.54) is 0 Å². The van der Waals surface area contributed by atoms with E-state index in [-0.39, 0.29) is 0 Å². The number of hydrogen-bond donors (Lipinski definition) is 0. The molecule has 3 atom stereocenters. The zero-order valence-electron chi connectivity index (χ0n) is 10.7. The zero-order valence-corrected chi connectivity index (χ0v) is 10.7. The second-order valence-electron chi connectivity index (χ2n) is 4.71. The molecule has 17 heavy (non-hydrogen) atoms. The molecule has 0 spiro atoms. The van der Waals surface area contributed by atoms with Gasteiger partial charge >= 0.3 is 0 Å². The molecule has 0 fully saturated rings. The molecule has 92 valence electrons. The summed E-state index contributed by atoms with van der Waals surface area (Å²) in [6, 6.07) is 0. The van der Waals surface area contributed by atoms with Crippen molar-refractivity contribution in [2.45, 2.75) is 25.7 Å². The van der Waals surface area contributed by atoms with Gasteiger partial charge in [-0.25, -0.2) is 0 Å². The summed E-state index contributed by atoms with van der Waals surface area (Å²) in [6.45, 7) is 11.5. The van der Waals surface area contributed by atoms with E-state index in [0.717, 1.165) is 25.7 Å². The number of rotatable bonds is 6. The Kier molecular flexibility index (Phi) is 6.39. The first-order chi connectivity index (χ1) is 8.31. The molecule has 1 rings (SSSR count). The molecule has 0 aromatic rings. The van der Waals surface area contributed by atoms with Crippen molar-refractivity contribution in [3.63, 3.8) is 0 Å². The smallest absolute Gasteiger partial charge is 0.0133 e. The monoisotopic (exact) mass is 228 g/mol. The van der Waals surface area contributed by atoms with Gasteiger partial charge in [-0.3, -0.25) is 0 Å². The van der Waals surface area contributed by atoms with Crippen molar-refractivity contribution >= 4 is 0 Å². The quantitative estimate of drug-likeness (QED) is 0.556. The molecule has 0 aliphatic heterocycles. The molecule has 0 saturated heterocycles. The van der Waals surface area contributed by atoms with Crippen molar-refractivity contribution in [3.8, 4) is 0 Å². The van der Waals surface area contributed by atoms with Crippen LogP contribution in [0.15, 0.2) is 62.3 Å². The van der Waals surface area contributed by atoms with Crippen LogP contribution in [0, 0.1) is 17.8 Å². The molecule has 0 bridgehead atoms. The highest BCUT2D eigenvalue weighted by atomic mass is 14.2. The van der Waals surface area contributed by atoms with E-state index in [1.807, 2.05) is 18.2 Å². The van der Waals surface area contributed by atoms with Gasteiger partial charge in [0.25, 0.3) is 0 Å². The van der Waals surface area contributed by atoms with Crippen molar-refractivity contribution in [3.05, 3.63) is 62.3 Å². The Morgan fingerprint density at radius 2 is 1.41 bits per heavy atom. The lowest BCUT2D eigenvalue weighted by Crippen LogP contribution is -2.11. The van der Waals surface area contributed by atoms with Crippen molar-refractivity contribution < 1.29 is 0 Å². The lowest BCUT2D eigenvalue weighted by molar-refractivity contribution is 0.472. The minimum Gasteiger partial charge on any atom is -0.103 e. The number of allylic oxidation sites excluding steroid dienone is 7. The van der Waals surface area contributed by atoms with E-state index in [9.17, 15) is 0 Å². The van der Waals surface area contributed by atoms with Crippen LogP contribution < -0.4 is 0 Å². The van der Waals surface area contributed by atoms with Gasteiger partial charge in [0, 0.05) is 0 Å². The molecule has 0 amide bonds. The Morgan fingerprint density at radius 1 is 0.824 bits per heavy atom. The van der Waals surface area contributed by atoms with Gasteiger partial charge in [-0.1, -0.05) is 42.5 Å². The standard InChI is InChI=1S/C17H24/c1-4-8-15-11-7-12-16(9-5-2)17(10-6-3)14-13-15/h4-7,12-17H,1-3,8-11H2/b12-7-,14-13-. The second kappa shape index (κ2) is 7.89. The Morgan fingerprint density at radius 3 is 2.00 bits per heavy atom. The molecule has 0 radical (unpaired) electrons. The van der Waals surface area contributed by atoms with Gasteiger partial charge in [-0.15, -0.1) is 19.7 Å². The van der Waals surface area contributed by atoms with Crippen LogP contribution in [0.25, 0.3) is 0 Å². The predicted molar refractivity (Wildman–Crippen MR) is 77.8 cm³/mol. The Balaban J connectivity index is 2.76. The van der Waals surface area contributed by atoms with Crippen LogP contribution in [-0.4, -0.2) is 0 Å². The fraction of sp³-hybridized carbons (Fsp3) is 0.412. The summed E-state index contributed by atoms with van der Waals surface area (Å²) in [5, 5.41) is 0. The first-order valence-electron chi connectivity index (χ1n) is 6.49. The fourth-order valence-electron chi connectivity index (χ4n) is 2.37. The maximum Gasteiger partial charge on any atom is -0.0133 e. The molecular weight excluding hydrogens is 204 g/mol. The Hall–Kier alpha value is -1.30. The predicted octanol–water partition coefficient (Wildman–Crippen LogP) is 5.08. The van der Waals surface area contributed by atoms with Gasteiger partial charge in [-0.05, 0) is 43.4 Å². The van der Waals surface area contributed by atoms with Crippen molar-refractivity contribution in [1.82, 2.24) is 0 Å². The van der Waals surface area contributed by atoms with Gasteiger partial charge in [-0.2, -0.15) is 0 Å². The fourth-order valence-corrected chi connectivity index (χ4v) is 2.37. The van der Waals surface area contributed by atoms with E-state index in [1.54, 1.807) is 0 Å². The van der Waals surface area contributed by atoms with Crippen LogP contribution >= 0.6 is 0 Å². The third-order valence-corrected chi connectivity index (χ3v) is 3.35. The van der Waals surface area contributed by atoms with Crippen molar-refractivity contribution in [2.24, 2.45) is 17.8 Å². The SMILES string of the molecule is C=CCC1/C=C\C(CC=C)C(CC=C)/C=C\C1. The Labute approximate surface area is 106 Å². The lowest BCUT2D eigenvalue weighted by Gasteiger charge is -2.22. The molecule has 0 aromatic heterocycles. The van der Waals surface area contributed by atoms with Gasteiger partial charge in [0.05, 0.1) is 0 Å². The van der Waals surface area contributed by atoms with Crippen LogP contribution in [0.3, 0.4) is 0 Å². The molecule has 0 nitrogen and oxygen atoms in total. The molecule has 0 saturated carbocycles. The molecule has 0 N–H and O–H groups in total. The summed E-state index contributed by atoms with van der Waals surface area (Å²) >= 11 is 0. The number of hydrogen-bond acceptors (Lipinski definition) is 0. The lowest BCUT2D eigenvalue weighted by atomic mass is 9.83. The van der Waals surface area contributed by atoms with E-state index < -0.39 is 0 Å². The first-order valence-corrected chi connectivity index (χ1v) is 6.49. The minimum absolute atomic E-state index is 0.564. The first kappa shape index (κ1) is 13.8. The summed E-state index contributed by atoms with van der Waals surface area (Å²) < 4.78 is 0. The average Bonchev–Trinajstić information content (AvgIpc) is 2.31. The van der Waals surface area contributed by atoms with E-state index in [2.05, 4.69) is 44.0 Å². The maximum atomic E-state index is 3.86. The molecule has 0 heteroatoms. The highest BCUT2D eigenvalue weighted by Gasteiger charge is 2.16. The molecule has 3 unspecified atom stereocenters. The van der Waals surface area contributed by atoms with Crippen LogP contribution in [0.2, 0.25) is 0 Å². The molecule has 1 aliphatic carbocycles. The highest BCUT2D eigenvalue weighted by molar-refractivity contribution is 5.09. The largest absolute Gasteiger partial charge is 0.103 e. The van der Waals surface area contributed by atoms with E-state index in [4.69, 9.17) is 0 Å². The topological polar surface area (TPSA) is 0 Å². The molecular formula is C17H24. The van der Waals surface area contributed by atoms with Gasteiger partial charge in [0.1, 0.15) is 0 Å². The minimum atomic E-state index is 0.564. The van der Waals surface area contributed by atoms with E-state index >= 15 is 0 Å². The third kappa shape index (κ3) is 4.60. The van der Waals surface area contributed by atoms with Gasteiger partial charge in [0.2, 0.25) is 0 Å². The maximum absolute atomic E-state index is 3.86. The van der Waals surface area contributed by atoms with Crippen LogP contribution in [-0.2, 0) is 0 Å². The Bertz CT molecular complexity index is 306. The summed E-state index contributed by atoms with van der Waals surface area (Å²) in [7, 11) is 0. The van der Waals surface area contributed by atoms with Gasteiger partial charge in [0.15, 0.2) is 0 Å². The van der Waals surface area contributed by atoms with Crippen molar-refractivity contribution in [1.29, 1.82) is 0 Å². The zero-order chi connectivity index (χ0) is 12.5. The molecule has 0 heterocycles. The summed E-state index contributed by atoms with van der Waals surface area (Å²) in [5.74, 6) is 1.75. The summed E-state index contributed by atoms with van der Waals surface area (Å²) in [4.78, 5) is 0. The van der Waals surface area contributed by atoms with E-state index in [0.29, 0.717) is 17.8 Å². The second-order valence-corrected chi connectivity index (χ2v) is 4.71. The van der Waals surface area contributed by atoms with Crippen LogP contribution in [0.4, 0.5) is 0 Å². The molecule has 0 aromatic carbocycles. The summed E-state index contributed by atoms with van der Waals surface area (Å²) in [6.07, 6.45) is 19.7. The molecule has 1 aliphatic rings. The van der Waals surface area contributed by atoms with Crippen LogP contribution in [0.1, 0.15) is 25.7 Å². The van der Waals surface area contributed by atoms with Gasteiger partial charge < -0.3 is 0 Å². The van der Waals surface area contributed by atoms with Crippen LogP contribution in [0.5, 0.6) is 0 Å². The third-order valence-electron chi connectivity index (χ3n) is 3.35. The van der Waals surface area contributed by atoms with Crippen molar-refractivity contribution in [2.75, 3.05) is 0 Å². The summed E-state index contributed by atoms with van der Waals surface area (Å²) in [5.41, 5.74) is 0. The normalized spacial score (nSPS) is 31.9. The average molecular weight is 228 g/mol. The highest BCUT2D eigenvalue weighted by Crippen LogP contribution is 2.27.